The van der Waals surface area contributed by atoms with Crippen molar-refractivity contribution in [1.29, 1.82) is 0 Å². The zero-order chi connectivity index (χ0) is 17.1. The quantitative estimate of drug-likeness (QED) is 0.795. The van der Waals surface area contributed by atoms with Crippen LogP contribution in [0.4, 0.5) is 22.0 Å². The van der Waals surface area contributed by atoms with Gasteiger partial charge in [0.15, 0.2) is 0 Å². The zero-order valence-corrected chi connectivity index (χ0v) is 11.8. The Bertz CT molecular complexity index is 642. The maximum Gasteiger partial charge on any atom is 0.455 e. The second-order valence-corrected chi connectivity index (χ2v) is 4.98. The lowest BCUT2D eigenvalue weighted by Gasteiger charge is -2.30. The van der Waals surface area contributed by atoms with Crippen LogP contribution in [-0.2, 0) is 6.54 Å². The predicted octanol–water partition coefficient (Wildman–Crippen LogP) is 4.42. The molecular weight excluding hydrogens is 317 g/mol. The van der Waals surface area contributed by atoms with E-state index in [2.05, 4.69) is 5.32 Å². The standard InChI is InChI=1S/C16H14F5NO/c17-15(18,16(19,20)21)14(12-8-4-5-9-13(12)23)22-10-11-6-2-1-3-7-11/h1-9,14,22-23H,10H2. The van der Waals surface area contributed by atoms with Gasteiger partial charge in [0.05, 0.1) is 0 Å². The molecule has 0 radical (unpaired) electrons. The lowest BCUT2D eigenvalue weighted by atomic mass is 9.98. The highest BCUT2D eigenvalue weighted by Gasteiger charge is 2.63. The molecule has 0 aliphatic heterocycles. The monoisotopic (exact) mass is 331 g/mol. The number of phenols is 1. The van der Waals surface area contributed by atoms with Crippen LogP contribution in [0.15, 0.2) is 54.6 Å². The average Bonchev–Trinajstić information content (AvgIpc) is 2.49. The molecule has 2 aromatic carbocycles. The van der Waals surface area contributed by atoms with Crippen LogP contribution in [0.5, 0.6) is 5.75 Å². The number of alkyl halides is 5. The fraction of sp³-hybridized carbons (Fsp3) is 0.250. The Labute approximate surface area is 129 Å². The van der Waals surface area contributed by atoms with E-state index in [1.807, 2.05) is 0 Å². The minimum Gasteiger partial charge on any atom is -0.508 e. The molecule has 2 rings (SSSR count). The van der Waals surface area contributed by atoms with Crippen LogP contribution in [0.1, 0.15) is 17.2 Å². The Morgan fingerprint density at radius 3 is 2.00 bits per heavy atom. The van der Waals surface area contributed by atoms with Gasteiger partial charge < -0.3 is 10.4 Å². The molecule has 0 saturated heterocycles. The van der Waals surface area contributed by atoms with Crippen LogP contribution in [0, 0.1) is 0 Å². The molecule has 2 nitrogen and oxygen atoms in total. The largest absolute Gasteiger partial charge is 0.508 e. The highest BCUT2D eigenvalue weighted by atomic mass is 19.4. The molecule has 0 aliphatic rings. The summed E-state index contributed by atoms with van der Waals surface area (Å²) in [5.74, 6) is -5.66. The fourth-order valence-corrected chi connectivity index (χ4v) is 2.14. The normalized spacial score (nSPS) is 13.8. The first-order valence-corrected chi connectivity index (χ1v) is 6.73. The topological polar surface area (TPSA) is 32.3 Å². The average molecular weight is 331 g/mol. The molecule has 7 heteroatoms. The lowest BCUT2D eigenvalue weighted by Crippen LogP contribution is -2.47. The van der Waals surface area contributed by atoms with E-state index in [0.717, 1.165) is 12.1 Å². The number of hydrogen-bond acceptors (Lipinski definition) is 2. The highest BCUT2D eigenvalue weighted by molar-refractivity contribution is 5.36. The molecule has 124 valence electrons. The van der Waals surface area contributed by atoms with Gasteiger partial charge in [-0.25, -0.2) is 0 Å². The summed E-state index contributed by atoms with van der Waals surface area (Å²) in [4.78, 5) is 0. The summed E-state index contributed by atoms with van der Waals surface area (Å²) in [6, 6.07) is 10.5. The lowest BCUT2D eigenvalue weighted by molar-refractivity contribution is -0.294. The summed E-state index contributed by atoms with van der Waals surface area (Å²) < 4.78 is 66.0. The van der Waals surface area contributed by atoms with Gasteiger partial charge in [-0.3, -0.25) is 0 Å². The molecule has 0 amide bonds. The van der Waals surface area contributed by atoms with Gasteiger partial charge in [0, 0.05) is 12.1 Å². The number of para-hydroxylation sites is 1. The molecule has 0 fully saturated rings. The maximum absolute atomic E-state index is 13.9. The first-order chi connectivity index (χ1) is 10.7. The molecule has 0 spiro atoms. The van der Waals surface area contributed by atoms with Crippen molar-refractivity contribution in [3.8, 4) is 5.75 Å². The fourth-order valence-electron chi connectivity index (χ4n) is 2.14. The van der Waals surface area contributed by atoms with Gasteiger partial charge in [-0.2, -0.15) is 22.0 Å². The summed E-state index contributed by atoms with van der Waals surface area (Å²) in [6.45, 7) is -0.203. The molecule has 0 heterocycles. The van der Waals surface area contributed by atoms with Crippen molar-refractivity contribution >= 4 is 0 Å². The predicted molar refractivity (Wildman–Crippen MR) is 75.1 cm³/mol. The molecule has 2 N–H and O–H groups in total. The molecule has 0 aliphatic carbocycles. The van der Waals surface area contributed by atoms with Crippen molar-refractivity contribution in [3.63, 3.8) is 0 Å². The third-order valence-corrected chi connectivity index (χ3v) is 3.34. The van der Waals surface area contributed by atoms with Gasteiger partial charge in [-0.05, 0) is 11.6 Å². The Morgan fingerprint density at radius 1 is 0.870 bits per heavy atom. The van der Waals surface area contributed by atoms with E-state index < -0.39 is 29.5 Å². The van der Waals surface area contributed by atoms with E-state index in [1.165, 1.54) is 12.1 Å². The summed E-state index contributed by atoms with van der Waals surface area (Å²) >= 11 is 0. The molecule has 0 saturated carbocycles. The number of aromatic hydroxyl groups is 1. The highest BCUT2D eigenvalue weighted by Crippen LogP contribution is 2.46. The summed E-state index contributed by atoms with van der Waals surface area (Å²) in [6.07, 6.45) is -5.75. The van der Waals surface area contributed by atoms with E-state index in [9.17, 15) is 27.1 Å². The van der Waals surface area contributed by atoms with Crippen LogP contribution in [-0.4, -0.2) is 17.2 Å². The number of benzene rings is 2. The van der Waals surface area contributed by atoms with E-state index in [4.69, 9.17) is 0 Å². The van der Waals surface area contributed by atoms with Crippen LogP contribution in [0.3, 0.4) is 0 Å². The van der Waals surface area contributed by atoms with Gasteiger partial charge in [0.25, 0.3) is 0 Å². The smallest absolute Gasteiger partial charge is 0.455 e. The molecule has 23 heavy (non-hydrogen) atoms. The Hall–Kier alpha value is -2.15. The van der Waals surface area contributed by atoms with E-state index in [0.29, 0.717) is 5.56 Å². The Morgan fingerprint density at radius 2 is 1.43 bits per heavy atom. The first-order valence-electron chi connectivity index (χ1n) is 6.73. The minimum absolute atomic E-state index is 0.203. The Balaban J connectivity index is 2.34. The third kappa shape index (κ3) is 3.79. The molecule has 0 bridgehead atoms. The van der Waals surface area contributed by atoms with E-state index in [1.54, 1.807) is 30.3 Å². The number of rotatable bonds is 5. The van der Waals surface area contributed by atoms with Crippen LogP contribution < -0.4 is 5.32 Å². The number of hydrogen-bond donors (Lipinski definition) is 2. The second-order valence-electron chi connectivity index (χ2n) is 4.98. The van der Waals surface area contributed by atoms with Gasteiger partial charge >= 0.3 is 12.1 Å². The molecule has 1 atom stereocenters. The van der Waals surface area contributed by atoms with Crippen molar-refractivity contribution in [2.75, 3.05) is 0 Å². The van der Waals surface area contributed by atoms with Crippen molar-refractivity contribution < 1.29 is 27.1 Å². The maximum atomic E-state index is 13.9. The SMILES string of the molecule is Oc1ccccc1C(NCc1ccccc1)C(F)(F)C(F)(F)F. The number of nitrogens with one attached hydrogen (secondary N) is 1. The zero-order valence-electron chi connectivity index (χ0n) is 11.8. The van der Waals surface area contributed by atoms with Gasteiger partial charge in [0.1, 0.15) is 11.8 Å². The second kappa shape index (κ2) is 6.54. The van der Waals surface area contributed by atoms with Crippen molar-refractivity contribution in [2.45, 2.75) is 24.7 Å². The molecule has 1 unspecified atom stereocenters. The van der Waals surface area contributed by atoms with E-state index in [-0.39, 0.29) is 6.54 Å². The molecule has 2 aromatic rings. The van der Waals surface area contributed by atoms with Gasteiger partial charge in [0.2, 0.25) is 0 Å². The Kier molecular flexibility index (Phi) is 4.89. The minimum atomic E-state index is -5.75. The summed E-state index contributed by atoms with van der Waals surface area (Å²) in [5.41, 5.74) is 0.0386. The molecular formula is C16H14F5NO. The third-order valence-electron chi connectivity index (χ3n) is 3.34. The summed E-state index contributed by atoms with van der Waals surface area (Å²) in [7, 11) is 0. The van der Waals surface area contributed by atoms with Crippen LogP contribution in [0.2, 0.25) is 0 Å². The first kappa shape index (κ1) is 17.2. The van der Waals surface area contributed by atoms with Crippen molar-refractivity contribution in [3.05, 3.63) is 65.7 Å². The number of phenolic OH excluding ortho intramolecular Hbond substituents is 1. The number of halogens is 5. The molecule has 0 aromatic heterocycles. The van der Waals surface area contributed by atoms with Gasteiger partial charge in [-0.1, -0.05) is 48.5 Å². The van der Waals surface area contributed by atoms with Crippen molar-refractivity contribution in [2.24, 2.45) is 0 Å². The summed E-state index contributed by atoms with van der Waals surface area (Å²) in [5, 5.41) is 11.9. The van der Waals surface area contributed by atoms with Crippen LogP contribution >= 0.6 is 0 Å². The van der Waals surface area contributed by atoms with E-state index >= 15 is 0 Å². The van der Waals surface area contributed by atoms with Gasteiger partial charge in [-0.15, -0.1) is 0 Å². The van der Waals surface area contributed by atoms with Crippen molar-refractivity contribution in [1.82, 2.24) is 5.32 Å². The van der Waals surface area contributed by atoms with Crippen LogP contribution in [0.25, 0.3) is 0 Å².